The second-order valence-electron chi connectivity index (χ2n) is 14.8. The Bertz CT molecular complexity index is 3510. The van der Waals surface area contributed by atoms with Crippen LogP contribution in [0.4, 0.5) is 17.1 Å². The minimum atomic E-state index is 0.634. The Balaban J connectivity index is 1.00. The van der Waals surface area contributed by atoms with Crippen LogP contribution < -0.4 is 4.90 Å². The van der Waals surface area contributed by atoms with E-state index < -0.39 is 0 Å². The van der Waals surface area contributed by atoms with Crippen LogP contribution in [-0.2, 0) is 0 Å². The van der Waals surface area contributed by atoms with Crippen LogP contribution in [0.2, 0.25) is 0 Å². The summed E-state index contributed by atoms with van der Waals surface area (Å²) in [6.45, 7) is 0. The number of para-hydroxylation sites is 2. The highest BCUT2D eigenvalue weighted by atomic mass is 32.1. The third kappa shape index (κ3) is 5.25. The Hall–Kier alpha value is -7.47. The number of benzene rings is 9. The molecule has 0 saturated carbocycles. The molecule has 0 N–H and O–H groups in total. The quantitative estimate of drug-likeness (QED) is 0.169. The van der Waals surface area contributed by atoms with E-state index in [1.54, 1.807) is 0 Å². The molecule has 58 heavy (non-hydrogen) atoms. The summed E-state index contributed by atoms with van der Waals surface area (Å²) in [5, 5.41) is 7.17. The summed E-state index contributed by atoms with van der Waals surface area (Å²) < 4.78 is 11.4. The lowest BCUT2D eigenvalue weighted by atomic mass is 10.00. The number of hydrogen-bond acceptors (Lipinski definition) is 4. The molecule has 0 bridgehead atoms. The van der Waals surface area contributed by atoms with Gasteiger partial charge in [-0.25, -0.2) is 4.98 Å². The molecule has 3 heterocycles. The summed E-state index contributed by atoms with van der Waals surface area (Å²) in [7, 11) is 0. The molecule has 0 spiro atoms. The van der Waals surface area contributed by atoms with Crippen LogP contribution >= 0.6 is 11.3 Å². The topological polar surface area (TPSA) is 34.2 Å². The normalized spacial score (nSPS) is 11.8. The summed E-state index contributed by atoms with van der Waals surface area (Å²) in [5.74, 6) is 0.634. The van der Waals surface area contributed by atoms with Gasteiger partial charge < -0.3 is 13.9 Å². The van der Waals surface area contributed by atoms with Crippen LogP contribution in [-0.4, -0.2) is 9.55 Å². The van der Waals surface area contributed by atoms with Gasteiger partial charge in [0.05, 0.1) is 11.0 Å². The van der Waals surface area contributed by atoms with Crippen molar-refractivity contribution in [3.63, 3.8) is 0 Å². The first kappa shape index (κ1) is 32.7. The molecule has 9 aromatic carbocycles. The van der Waals surface area contributed by atoms with E-state index in [4.69, 9.17) is 9.40 Å². The Morgan fingerprint density at radius 1 is 0.431 bits per heavy atom. The van der Waals surface area contributed by atoms with Crippen LogP contribution in [0.15, 0.2) is 205 Å². The van der Waals surface area contributed by atoms with Gasteiger partial charge in [-0.1, -0.05) is 103 Å². The monoisotopic (exact) mass is 759 g/mol. The average Bonchev–Trinajstić information content (AvgIpc) is 3.99. The van der Waals surface area contributed by atoms with Crippen molar-refractivity contribution in [2.45, 2.75) is 0 Å². The zero-order chi connectivity index (χ0) is 38.2. The zero-order valence-corrected chi connectivity index (χ0v) is 32.0. The fourth-order valence-electron chi connectivity index (χ4n) is 8.65. The molecule has 12 aromatic rings. The van der Waals surface area contributed by atoms with Crippen LogP contribution in [0.1, 0.15) is 0 Å². The second kappa shape index (κ2) is 13.1. The molecule has 4 nitrogen and oxygen atoms in total. The van der Waals surface area contributed by atoms with E-state index in [-0.39, 0.29) is 0 Å². The Kier molecular flexibility index (Phi) is 7.37. The number of nitrogens with zero attached hydrogens (tertiary/aromatic N) is 3. The Labute approximate surface area is 338 Å². The summed E-state index contributed by atoms with van der Waals surface area (Å²) in [4.78, 5) is 7.23. The second-order valence-corrected chi connectivity index (χ2v) is 15.9. The van der Waals surface area contributed by atoms with Crippen molar-refractivity contribution in [3.05, 3.63) is 200 Å². The van der Waals surface area contributed by atoms with Crippen molar-refractivity contribution in [1.29, 1.82) is 0 Å². The molecule has 0 aliphatic heterocycles. The number of anilines is 3. The molecule has 0 fully saturated rings. The molecule has 0 saturated heterocycles. The van der Waals surface area contributed by atoms with Crippen LogP contribution in [0.25, 0.3) is 92.1 Å². The van der Waals surface area contributed by atoms with Crippen molar-refractivity contribution in [2.75, 3.05) is 4.90 Å². The number of aromatic nitrogens is 2. The van der Waals surface area contributed by atoms with Crippen molar-refractivity contribution >= 4 is 92.2 Å². The van der Waals surface area contributed by atoms with Gasteiger partial charge in [-0.15, -0.1) is 11.3 Å². The molecule has 0 radical (unpaired) electrons. The molecule has 0 atom stereocenters. The van der Waals surface area contributed by atoms with E-state index in [9.17, 15) is 0 Å². The first-order chi connectivity index (χ1) is 28.7. The average molecular weight is 760 g/mol. The lowest BCUT2D eigenvalue weighted by Gasteiger charge is -2.26. The van der Waals surface area contributed by atoms with Crippen LogP contribution in [0, 0.1) is 0 Å². The van der Waals surface area contributed by atoms with Gasteiger partial charge in [-0.2, -0.15) is 0 Å². The molecule has 0 aliphatic rings. The van der Waals surface area contributed by atoms with E-state index in [1.807, 2.05) is 47.7 Å². The lowest BCUT2D eigenvalue weighted by molar-refractivity contribution is 0.623. The van der Waals surface area contributed by atoms with Gasteiger partial charge in [0, 0.05) is 64.6 Å². The molecule has 3 aromatic heterocycles. The summed E-state index contributed by atoms with van der Waals surface area (Å²) in [6, 6.07) is 71.7. The van der Waals surface area contributed by atoms with Gasteiger partial charge in [0.2, 0.25) is 5.89 Å². The summed E-state index contributed by atoms with van der Waals surface area (Å²) in [5.41, 5.74) is 11.7. The van der Waals surface area contributed by atoms with Crippen molar-refractivity contribution < 1.29 is 4.42 Å². The van der Waals surface area contributed by atoms with Gasteiger partial charge in [0.25, 0.3) is 0 Å². The predicted octanol–water partition coefficient (Wildman–Crippen LogP) is 15.2. The van der Waals surface area contributed by atoms with Gasteiger partial charge in [0.15, 0.2) is 5.58 Å². The fraction of sp³-hybridized carbons (Fsp3) is 0. The predicted molar refractivity (Wildman–Crippen MR) is 244 cm³/mol. The highest BCUT2D eigenvalue weighted by Gasteiger charge is 2.19. The largest absolute Gasteiger partial charge is 0.435 e. The summed E-state index contributed by atoms with van der Waals surface area (Å²) >= 11 is 1.85. The third-order valence-corrected chi connectivity index (χ3v) is 12.6. The van der Waals surface area contributed by atoms with Crippen LogP contribution in [0.3, 0.4) is 0 Å². The number of thiophene rings is 1. The van der Waals surface area contributed by atoms with Gasteiger partial charge in [0.1, 0.15) is 5.52 Å². The van der Waals surface area contributed by atoms with Crippen molar-refractivity contribution in [3.8, 4) is 28.3 Å². The standard InChI is InChI=1S/C53H33N3OS/c1-3-11-36(12-4-1)53-54-47-28-23-35-19-20-37(31-44(35)52(47)57-53)34-21-24-39(25-22-34)55(41-27-30-51-46(33-41)43-16-8-10-18-50(43)58-51)40-26-29-49-45(32-40)42-15-7-9-17-48(42)56(49)38-13-5-2-6-14-38/h1-33H. The molecule has 12 rings (SSSR count). The van der Waals surface area contributed by atoms with Crippen LogP contribution in [0.5, 0.6) is 0 Å². The maximum absolute atomic E-state index is 6.42. The molecule has 0 unspecified atom stereocenters. The smallest absolute Gasteiger partial charge is 0.227 e. The Morgan fingerprint density at radius 3 is 1.91 bits per heavy atom. The summed E-state index contributed by atoms with van der Waals surface area (Å²) in [6.07, 6.45) is 0. The van der Waals surface area contributed by atoms with E-state index >= 15 is 0 Å². The first-order valence-electron chi connectivity index (χ1n) is 19.5. The number of rotatable bonds is 6. The maximum Gasteiger partial charge on any atom is 0.227 e. The highest BCUT2D eigenvalue weighted by Crippen LogP contribution is 2.43. The van der Waals surface area contributed by atoms with Crippen molar-refractivity contribution in [2.24, 2.45) is 0 Å². The van der Waals surface area contributed by atoms with Gasteiger partial charge >= 0.3 is 0 Å². The minimum absolute atomic E-state index is 0.634. The highest BCUT2D eigenvalue weighted by molar-refractivity contribution is 7.25. The molecule has 272 valence electrons. The number of hydrogen-bond donors (Lipinski definition) is 0. The lowest BCUT2D eigenvalue weighted by Crippen LogP contribution is -2.09. The molecular formula is C53H33N3OS. The zero-order valence-electron chi connectivity index (χ0n) is 31.2. The fourth-order valence-corrected chi connectivity index (χ4v) is 9.73. The molecule has 0 amide bonds. The molecular weight excluding hydrogens is 727 g/mol. The van der Waals surface area contributed by atoms with E-state index in [1.165, 1.54) is 42.0 Å². The van der Waals surface area contributed by atoms with E-state index in [0.717, 1.165) is 61.3 Å². The van der Waals surface area contributed by atoms with Gasteiger partial charge in [-0.3, -0.25) is 0 Å². The first-order valence-corrected chi connectivity index (χ1v) is 20.3. The van der Waals surface area contributed by atoms with Gasteiger partial charge in [-0.05, 0) is 114 Å². The van der Waals surface area contributed by atoms with Crippen molar-refractivity contribution in [1.82, 2.24) is 9.55 Å². The number of fused-ring (bicyclic) bond motifs is 9. The Morgan fingerprint density at radius 2 is 1.07 bits per heavy atom. The minimum Gasteiger partial charge on any atom is -0.435 e. The molecule has 5 heteroatoms. The number of oxazole rings is 1. The molecule has 0 aliphatic carbocycles. The maximum atomic E-state index is 6.42. The third-order valence-electron chi connectivity index (χ3n) is 11.4. The SMILES string of the molecule is c1ccc(-c2nc3ccc4ccc(-c5ccc(N(c6ccc7sc8ccccc8c7c6)c6ccc7c(c6)c6ccccc6n7-c6ccccc6)cc5)cc4c3o2)cc1. The van der Waals surface area contributed by atoms with E-state index in [2.05, 4.69) is 173 Å². The van der Waals surface area contributed by atoms with E-state index in [0.29, 0.717) is 5.89 Å².